The normalized spacial score (nSPS) is 35.2. The van der Waals surface area contributed by atoms with E-state index in [1.54, 1.807) is 0 Å². The minimum atomic E-state index is 0.581. The maximum atomic E-state index is 5.61. The highest BCUT2D eigenvalue weighted by Gasteiger charge is 2.52. The Labute approximate surface area is 154 Å². The van der Waals surface area contributed by atoms with E-state index in [4.69, 9.17) is 4.74 Å². The zero-order valence-corrected chi connectivity index (χ0v) is 16.6. The number of ether oxygens (including phenoxy) is 1. The highest BCUT2D eigenvalue weighted by molar-refractivity contribution is 9.10. The third-order valence-corrected chi connectivity index (χ3v) is 7.53. The average molecular weight is 392 g/mol. The molecule has 1 N–H and O–H groups in total. The highest BCUT2D eigenvalue weighted by atomic mass is 79.9. The molecule has 5 rings (SSSR count). The van der Waals surface area contributed by atoms with E-state index in [1.807, 2.05) is 6.92 Å². The number of hydrogen-bond acceptors (Lipinski definition) is 2. The summed E-state index contributed by atoms with van der Waals surface area (Å²) < 4.78 is 6.68. The van der Waals surface area contributed by atoms with Crippen molar-refractivity contribution in [2.45, 2.75) is 65.0 Å². The van der Waals surface area contributed by atoms with Gasteiger partial charge in [0.2, 0.25) is 0 Å². The number of nitrogens with one attached hydrogen (secondary N) is 1. The summed E-state index contributed by atoms with van der Waals surface area (Å²) in [5, 5.41) is 3.87. The summed E-state index contributed by atoms with van der Waals surface area (Å²) in [6.07, 6.45) is 8.99. The van der Waals surface area contributed by atoms with E-state index >= 15 is 0 Å². The monoisotopic (exact) mass is 391 g/mol. The Morgan fingerprint density at radius 3 is 2.33 bits per heavy atom. The van der Waals surface area contributed by atoms with Crippen molar-refractivity contribution in [2.75, 3.05) is 6.61 Å². The Morgan fingerprint density at radius 2 is 1.79 bits per heavy atom. The Balaban J connectivity index is 1.40. The molecule has 0 heterocycles. The first kappa shape index (κ1) is 16.9. The Hall–Kier alpha value is -0.540. The minimum absolute atomic E-state index is 0.581. The maximum absolute atomic E-state index is 5.61. The molecule has 24 heavy (non-hydrogen) atoms. The molecule has 0 amide bonds. The summed E-state index contributed by atoms with van der Waals surface area (Å²) in [7, 11) is 0. The van der Waals surface area contributed by atoms with Crippen LogP contribution < -0.4 is 10.1 Å². The van der Waals surface area contributed by atoms with E-state index in [-0.39, 0.29) is 0 Å². The van der Waals surface area contributed by atoms with Crippen LogP contribution in [0.5, 0.6) is 5.75 Å². The van der Waals surface area contributed by atoms with Crippen LogP contribution in [0.15, 0.2) is 22.7 Å². The van der Waals surface area contributed by atoms with Gasteiger partial charge in [-0.2, -0.15) is 0 Å². The van der Waals surface area contributed by atoms with Crippen LogP contribution in [0, 0.1) is 23.2 Å². The average Bonchev–Trinajstić information content (AvgIpc) is 2.54. The standard InChI is InChI=1S/C21H30BrNO/c1-3-24-20-5-4-15(9-19(20)22)13-23-14(2)21-10-16-6-17(11-21)8-18(7-16)12-21/h4-5,9,14,16-18,23H,3,6-8,10-13H2,1-2H3. The van der Waals surface area contributed by atoms with Crippen LogP contribution in [0.2, 0.25) is 0 Å². The van der Waals surface area contributed by atoms with Crippen molar-refractivity contribution in [2.24, 2.45) is 23.2 Å². The molecule has 4 saturated carbocycles. The van der Waals surface area contributed by atoms with Gasteiger partial charge in [-0.05, 0) is 109 Å². The lowest BCUT2D eigenvalue weighted by Gasteiger charge is -2.59. The fraction of sp³-hybridized carbons (Fsp3) is 0.714. The molecule has 0 aliphatic heterocycles. The molecule has 0 saturated heterocycles. The smallest absolute Gasteiger partial charge is 0.133 e. The van der Waals surface area contributed by atoms with Crippen molar-refractivity contribution in [3.63, 3.8) is 0 Å². The molecule has 2 nitrogen and oxygen atoms in total. The second kappa shape index (κ2) is 6.64. The van der Waals surface area contributed by atoms with E-state index in [9.17, 15) is 0 Å². The van der Waals surface area contributed by atoms with Crippen LogP contribution in [0.1, 0.15) is 57.9 Å². The van der Waals surface area contributed by atoms with E-state index in [2.05, 4.69) is 46.4 Å². The number of hydrogen-bond donors (Lipinski definition) is 1. The first-order valence-corrected chi connectivity index (χ1v) is 10.5. The predicted octanol–water partition coefficient (Wildman–Crippen LogP) is 5.54. The van der Waals surface area contributed by atoms with Crippen LogP contribution in [0.4, 0.5) is 0 Å². The fourth-order valence-electron chi connectivity index (χ4n) is 6.12. The van der Waals surface area contributed by atoms with Gasteiger partial charge in [-0.25, -0.2) is 0 Å². The molecule has 1 aromatic rings. The molecule has 3 heteroatoms. The molecular weight excluding hydrogens is 362 g/mol. The summed E-state index contributed by atoms with van der Waals surface area (Å²) in [6, 6.07) is 7.09. The van der Waals surface area contributed by atoms with Crippen LogP contribution in [0.25, 0.3) is 0 Å². The zero-order valence-electron chi connectivity index (χ0n) is 15.0. The number of halogens is 1. The van der Waals surface area contributed by atoms with E-state index in [0.29, 0.717) is 18.1 Å². The fourth-order valence-corrected chi connectivity index (χ4v) is 6.66. The summed E-state index contributed by atoms with van der Waals surface area (Å²) in [6.45, 7) is 6.12. The Bertz CT molecular complexity index is 564. The van der Waals surface area contributed by atoms with Gasteiger partial charge in [-0.1, -0.05) is 6.07 Å². The van der Waals surface area contributed by atoms with Crippen LogP contribution >= 0.6 is 15.9 Å². The third-order valence-electron chi connectivity index (χ3n) is 6.91. The van der Waals surface area contributed by atoms with Gasteiger partial charge in [-0.3, -0.25) is 0 Å². The molecule has 4 fully saturated rings. The van der Waals surface area contributed by atoms with E-state index in [1.165, 1.54) is 44.1 Å². The van der Waals surface area contributed by atoms with Gasteiger partial charge < -0.3 is 10.1 Å². The van der Waals surface area contributed by atoms with Crippen molar-refractivity contribution in [1.29, 1.82) is 0 Å². The second-order valence-electron chi connectivity index (χ2n) is 8.58. The quantitative estimate of drug-likeness (QED) is 0.686. The van der Waals surface area contributed by atoms with Crippen molar-refractivity contribution in [1.82, 2.24) is 5.32 Å². The molecular formula is C21H30BrNO. The molecule has 132 valence electrons. The second-order valence-corrected chi connectivity index (χ2v) is 9.43. The molecule has 4 aliphatic carbocycles. The lowest BCUT2D eigenvalue weighted by Crippen LogP contribution is -2.54. The Morgan fingerprint density at radius 1 is 1.17 bits per heavy atom. The molecule has 0 spiro atoms. The van der Waals surface area contributed by atoms with Gasteiger partial charge >= 0.3 is 0 Å². The van der Waals surface area contributed by atoms with Crippen molar-refractivity contribution in [3.8, 4) is 5.75 Å². The summed E-state index contributed by atoms with van der Waals surface area (Å²) in [5.41, 5.74) is 1.92. The lowest BCUT2D eigenvalue weighted by atomic mass is 9.48. The van der Waals surface area contributed by atoms with E-state index in [0.717, 1.165) is 34.5 Å². The van der Waals surface area contributed by atoms with E-state index < -0.39 is 0 Å². The minimum Gasteiger partial charge on any atom is -0.493 e. The third kappa shape index (κ3) is 3.14. The topological polar surface area (TPSA) is 21.3 Å². The highest BCUT2D eigenvalue weighted by Crippen LogP contribution is 2.61. The Kier molecular flexibility index (Phi) is 4.68. The van der Waals surface area contributed by atoms with Crippen LogP contribution in [0.3, 0.4) is 0 Å². The molecule has 1 aromatic carbocycles. The summed E-state index contributed by atoms with van der Waals surface area (Å²) in [4.78, 5) is 0. The summed E-state index contributed by atoms with van der Waals surface area (Å²) >= 11 is 3.63. The van der Waals surface area contributed by atoms with Crippen molar-refractivity contribution < 1.29 is 4.74 Å². The molecule has 1 atom stereocenters. The van der Waals surface area contributed by atoms with Crippen molar-refractivity contribution >= 4 is 15.9 Å². The zero-order chi connectivity index (χ0) is 16.7. The predicted molar refractivity (Wildman–Crippen MR) is 102 cm³/mol. The van der Waals surface area contributed by atoms with Gasteiger partial charge in [0.25, 0.3) is 0 Å². The maximum Gasteiger partial charge on any atom is 0.133 e. The molecule has 4 bridgehead atoms. The van der Waals surface area contributed by atoms with Gasteiger partial charge in [-0.15, -0.1) is 0 Å². The SMILES string of the molecule is CCOc1ccc(CNC(C)C23CC4CC(CC(C4)C2)C3)cc1Br. The van der Waals surface area contributed by atoms with Gasteiger partial charge in [0.15, 0.2) is 0 Å². The number of benzene rings is 1. The van der Waals surface area contributed by atoms with Gasteiger partial charge in [0.1, 0.15) is 5.75 Å². The van der Waals surface area contributed by atoms with Crippen molar-refractivity contribution in [3.05, 3.63) is 28.2 Å². The van der Waals surface area contributed by atoms with Gasteiger partial charge in [0, 0.05) is 12.6 Å². The van der Waals surface area contributed by atoms with Crippen LogP contribution in [-0.4, -0.2) is 12.6 Å². The molecule has 0 aromatic heterocycles. The van der Waals surface area contributed by atoms with Gasteiger partial charge in [0.05, 0.1) is 11.1 Å². The number of rotatable bonds is 6. The molecule has 4 aliphatic rings. The first-order valence-electron chi connectivity index (χ1n) is 9.72. The first-order chi connectivity index (χ1) is 11.6. The molecule has 0 radical (unpaired) electrons. The lowest BCUT2D eigenvalue weighted by molar-refractivity contribution is -0.0706. The summed E-state index contributed by atoms with van der Waals surface area (Å²) in [5.74, 6) is 4.02. The van der Waals surface area contributed by atoms with Crippen LogP contribution in [-0.2, 0) is 6.54 Å². The largest absolute Gasteiger partial charge is 0.493 e. The molecule has 1 unspecified atom stereocenters.